The zero-order valence-electron chi connectivity index (χ0n) is 15.7. The number of halogens is 1. The minimum absolute atomic E-state index is 0.158. The van der Waals surface area contributed by atoms with Crippen LogP contribution < -0.4 is 5.32 Å². The number of ether oxygens (including phenoxy) is 1. The van der Waals surface area contributed by atoms with E-state index in [2.05, 4.69) is 10.3 Å². The maximum absolute atomic E-state index is 12.4. The van der Waals surface area contributed by atoms with Crippen LogP contribution in [0.5, 0.6) is 0 Å². The molecule has 144 valence electrons. The number of amides is 1. The maximum atomic E-state index is 12.4. The second-order valence-electron chi connectivity index (χ2n) is 6.40. The zero-order valence-corrected chi connectivity index (χ0v) is 17.2. The smallest absolute Gasteiger partial charge is 0.358 e. The number of carbonyl (C=O) groups is 2. The molecule has 0 fully saturated rings. The molecular formula is C21H19ClN2O3S. The second-order valence-corrected chi connectivity index (χ2v) is 7.70. The number of hydrogen-bond donors (Lipinski definition) is 1. The summed E-state index contributed by atoms with van der Waals surface area (Å²) in [5.74, 6) is -1.04. The fourth-order valence-electron chi connectivity index (χ4n) is 2.58. The van der Waals surface area contributed by atoms with Crippen LogP contribution in [0.15, 0.2) is 47.8 Å². The third-order valence-electron chi connectivity index (χ3n) is 4.08. The summed E-state index contributed by atoms with van der Waals surface area (Å²) in [6.45, 7) is 5.42. The Bertz CT molecular complexity index is 1030. The van der Waals surface area contributed by atoms with E-state index in [1.165, 1.54) is 18.3 Å². The second kappa shape index (κ2) is 8.54. The number of nitrogens with one attached hydrogen (secondary N) is 1. The number of benzene rings is 2. The molecule has 5 nitrogen and oxygen atoms in total. The van der Waals surface area contributed by atoms with E-state index < -0.39 is 18.0 Å². The van der Waals surface area contributed by atoms with Crippen LogP contribution in [-0.4, -0.2) is 23.0 Å². The van der Waals surface area contributed by atoms with Gasteiger partial charge < -0.3 is 10.1 Å². The molecule has 1 amide bonds. The average molecular weight is 415 g/mol. The molecule has 0 aliphatic rings. The summed E-state index contributed by atoms with van der Waals surface area (Å²) in [4.78, 5) is 29.0. The van der Waals surface area contributed by atoms with E-state index in [1.54, 1.807) is 17.5 Å². The molecule has 0 spiro atoms. The van der Waals surface area contributed by atoms with Crippen molar-refractivity contribution in [2.24, 2.45) is 0 Å². The minimum Gasteiger partial charge on any atom is -0.448 e. The van der Waals surface area contributed by atoms with Crippen molar-refractivity contribution in [3.05, 3.63) is 69.7 Å². The highest BCUT2D eigenvalue weighted by molar-refractivity contribution is 7.13. The Labute approximate surface area is 172 Å². The van der Waals surface area contributed by atoms with E-state index in [9.17, 15) is 9.59 Å². The first-order chi connectivity index (χ1) is 13.3. The molecule has 1 aromatic heterocycles. The number of nitrogens with zero attached hydrogens (tertiary/aromatic N) is 1. The molecule has 0 saturated heterocycles. The lowest BCUT2D eigenvalue weighted by molar-refractivity contribution is -0.123. The standard InChI is InChI=1S/C21H19ClN2O3S/c1-12-7-8-17(13(2)9-12)23-19(25)14(3)27-21(26)18-11-28-20(24-18)15-5-4-6-16(22)10-15/h4-11,14H,1-3H3,(H,23,25)/t14-/m0/s1. The highest BCUT2D eigenvalue weighted by Crippen LogP contribution is 2.26. The van der Waals surface area contributed by atoms with Gasteiger partial charge in [-0.05, 0) is 44.5 Å². The van der Waals surface area contributed by atoms with Crippen molar-refractivity contribution in [3.63, 3.8) is 0 Å². The highest BCUT2D eigenvalue weighted by atomic mass is 35.5. The highest BCUT2D eigenvalue weighted by Gasteiger charge is 2.21. The summed E-state index contributed by atoms with van der Waals surface area (Å²) in [6.07, 6.45) is -0.954. The van der Waals surface area contributed by atoms with Gasteiger partial charge in [-0.1, -0.05) is 41.4 Å². The number of carbonyl (C=O) groups excluding carboxylic acids is 2. The molecule has 1 heterocycles. The van der Waals surface area contributed by atoms with Crippen molar-refractivity contribution < 1.29 is 14.3 Å². The zero-order chi connectivity index (χ0) is 20.3. The fraction of sp³-hybridized carbons (Fsp3) is 0.190. The molecule has 3 rings (SSSR count). The largest absolute Gasteiger partial charge is 0.448 e. The summed E-state index contributed by atoms with van der Waals surface area (Å²) < 4.78 is 5.27. The van der Waals surface area contributed by atoms with E-state index >= 15 is 0 Å². The van der Waals surface area contributed by atoms with E-state index in [0.29, 0.717) is 15.7 Å². The SMILES string of the molecule is Cc1ccc(NC(=O)[C@H](C)OC(=O)c2csc(-c3cccc(Cl)c3)n2)c(C)c1. The van der Waals surface area contributed by atoms with Crippen LogP contribution in [0, 0.1) is 13.8 Å². The summed E-state index contributed by atoms with van der Waals surface area (Å²) in [7, 11) is 0. The summed E-state index contributed by atoms with van der Waals surface area (Å²) in [5, 5.41) is 5.63. The maximum Gasteiger partial charge on any atom is 0.358 e. The van der Waals surface area contributed by atoms with Gasteiger partial charge in [0.05, 0.1) is 0 Å². The topological polar surface area (TPSA) is 68.3 Å². The van der Waals surface area contributed by atoms with Gasteiger partial charge in [-0.3, -0.25) is 4.79 Å². The van der Waals surface area contributed by atoms with Gasteiger partial charge >= 0.3 is 5.97 Å². The monoisotopic (exact) mass is 414 g/mol. The normalized spacial score (nSPS) is 11.7. The van der Waals surface area contributed by atoms with Crippen LogP contribution in [0.2, 0.25) is 5.02 Å². The third-order valence-corrected chi connectivity index (χ3v) is 5.20. The van der Waals surface area contributed by atoms with Crippen LogP contribution in [0.4, 0.5) is 5.69 Å². The molecule has 0 bridgehead atoms. The Kier molecular flexibility index (Phi) is 6.11. The van der Waals surface area contributed by atoms with Crippen LogP contribution in [0.25, 0.3) is 10.6 Å². The van der Waals surface area contributed by atoms with Crippen LogP contribution in [0.3, 0.4) is 0 Å². The number of aromatic nitrogens is 1. The van der Waals surface area contributed by atoms with E-state index in [4.69, 9.17) is 16.3 Å². The molecule has 0 aliphatic carbocycles. The van der Waals surface area contributed by atoms with Gasteiger partial charge in [-0.25, -0.2) is 9.78 Å². The molecule has 0 radical (unpaired) electrons. The quantitative estimate of drug-likeness (QED) is 0.578. The Balaban J connectivity index is 1.64. The summed E-state index contributed by atoms with van der Waals surface area (Å²) in [5.41, 5.74) is 3.71. The van der Waals surface area contributed by atoms with Crippen LogP contribution >= 0.6 is 22.9 Å². The minimum atomic E-state index is -0.954. The average Bonchev–Trinajstić information content (AvgIpc) is 3.14. The van der Waals surface area contributed by atoms with E-state index in [0.717, 1.165) is 16.7 Å². The molecule has 1 atom stereocenters. The molecule has 2 aromatic carbocycles. The number of hydrogen-bond acceptors (Lipinski definition) is 5. The van der Waals surface area contributed by atoms with Crippen molar-refractivity contribution in [2.75, 3.05) is 5.32 Å². The Morgan fingerprint density at radius 1 is 1.18 bits per heavy atom. The van der Waals surface area contributed by atoms with Crippen molar-refractivity contribution in [2.45, 2.75) is 26.9 Å². The first-order valence-electron chi connectivity index (χ1n) is 8.64. The third kappa shape index (κ3) is 4.77. The Morgan fingerprint density at radius 2 is 1.96 bits per heavy atom. The van der Waals surface area contributed by atoms with E-state index in [1.807, 2.05) is 44.2 Å². The van der Waals surface area contributed by atoms with Gasteiger partial charge in [0, 0.05) is 21.7 Å². The number of rotatable bonds is 5. The molecule has 3 aromatic rings. The molecule has 7 heteroatoms. The predicted molar refractivity (Wildman–Crippen MR) is 112 cm³/mol. The number of esters is 1. The fourth-order valence-corrected chi connectivity index (χ4v) is 3.56. The summed E-state index contributed by atoms with van der Waals surface area (Å²) in [6, 6.07) is 12.9. The van der Waals surface area contributed by atoms with Crippen molar-refractivity contribution >= 4 is 40.5 Å². The number of aryl methyl sites for hydroxylation is 2. The number of anilines is 1. The van der Waals surface area contributed by atoms with Gasteiger partial charge in [0.15, 0.2) is 11.8 Å². The number of thiazole rings is 1. The predicted octanol–water partition coefficient (Wildman–Crippen LogP) is 5.26. The van der Waals surface area contributed by atoms with Crippen LogP contribution in [0.1, 0.15) is 28.5 Å². The molecule has 0 aliphatic heterocycles. The van der Waals surface area contributed by atoms with Gasteiger partial charge in [-0.15, -0.1) is 11.3 Å². The Morgan fingerprint density at radius 3 is 2.68 bits per heavy atom. The van der Waals surface area contributed by atoms with Crippen molar-refractivity contribution in [1.29, 1.82) is 0 Å². The van der Waals surface area contributed by atoms with Crippen LogP contribution in [-0.2, 0) is 9.53 Å². The lowest BCUT2D eigenvalue weighted by Crippen LogP contribution is -2.30. The van der Waals surface area contributed by atoms with E-state index in [-0.39, 0.29) is 5.69 Å². The first kappa shape index (κ1) is 20.0. The molecule has 0 unspecified atom stereocenters. The lowest BCUT2D eigenvalue weighted by Gasteiger charge is -2.14. The molecule has 1 N–H and O–H groups in total. The van der Waals surface area contributed by atoms with Gasteiger partial charge in [0.1, 0.15) is 5.01 Å². The Hall–Kier alpha value is -2.70. The molecular weight excluding hydrogens is 396 g/mol. The van der Waals surface area contributed by atoms with Crippen molar-refractivity contribution in [1.82, 2.24) is 4.98 Å². The first-order valence-corrected chi connectivity index (χ1v) is 9.90. The summed E-state index contributed by atoms with van der Waals surface area (Å²) >= 11 is 7.30. The van der Waals surface area contributed by atoms with Gasteiger partial charge in [-0.2, -0.15) is 0 Å². The van der Waals surface area contributed by atoms with Crippen molar-refractivity contribution in [3.8, 4) is 10.6 Å². The molecule has 0 saturated carbocycles. The van der Waals surface area contributed by atoms with Gasteiger partial charge in [0.25, 0.3) is 5.91 Å². The lowest BCUT2D eigenvalue weighted by atomic mass is 10.1. The molecule has 28 heavy (non-hydrogen) atoms. The van der Waals surface area contributed by atoms with Gasteiger partial charge in [0.2, 0.25) is 0 Å².